The molecule has 0 radical (unpaired) electrons. The normalized spacial score (nSPS) is 10.8. The minimum atomic E-state index is -0.991. The summed E-state index contributed by atoms with van der Waals surface area (Å²) in [6.07, 6.45) is 3.50. The number of nitrogens with one attached hydrogen (secondary N) is 1. The molecule has 1 heterocycles. The molecule has 1 amide bonds. The van der Waals surface area contributed by atoms with Crippen LogP contribution >= 0.6 is 0 Å². The Hall–Kier alpha value is -3.87. The lowest BCUT2D eigenvalue weighted by atomic mass is 10.1. The van der Waals surface area contributed by atoms with Crippen molar-refractivity contribution in [1.29, 1.82) is 0 Å². The number of carboxylic acid groups (broad SMARTS) is 1. The first-order chi connectivity index (χ1) is 13.6. The predicted octanol–water partition coefficient (Wildman–Crippen LogP) is 2.88. The summed E-state index contributed by atoms with van der Waals surface area (Å²) in [4.78, 5) is 23.2. The minimum Gasteiger partial charge on any atom is -0.497 e. The van der Waals surface area contributed by atoms with Gasteiger partial charge in [0.05, 0.1) is 31.0 Å². The van der Waals surface area contributed by atoms with Crippen LogP contribution in [0.5, 0.6) is 5.75 Å². The van der Waals surface area contributed by atoms with E-state index >= 15 is 0 Å². The monoisotopic (exact) mass is 377 g/mol. The van der Waals surface area contributed by atoms with Gasteiger partial charge in [-0.25, -0.2) is 10.2 Å². The van der Waals surface area contributed by atoms with Crippen molar-refractivity contribution < 1.29 is 19.4 Å². The van der Waals surface area contributed by atoms with Crippen LogP contribution in [-0.2, 0) is 11.2 Å². The number of rotatable bonds is 7. The zero-order valence-corrected chi connectivity index (χ0v) is 15.2. The maximum atomic E-state index is 12.0. The molecule has 3 rings (SSSR count). The Kier molecular flexibility index (Phi) is 5.86. The van der Waals surface area contributed by atoms with Crippen molar-refractivity contribution in [2.45, 2.75) is 6.42 Å². The summed E-state index contributed by atoms with van der Waals surface area (Å²) in [5, 5.41) is 13.1. The van der Waals surface area contributed by atoms with Crippen molar-refractivity contribution in [1.82, 2.24) is 9.99 Å². The van der Waals surface area contributed by atoms with Crippen LogP contribution in [0.25, 0.3) is 5.69 Å². The summed E-state index contributed by atoms with van der Waals surface area (Å²) >= 11 is 0. The van der Waals surface area contributed by atoms with Gasteiger partial charge in [-0.3, -0.25) is 4.79 Å². The van der Waals surface area contributed by atoms with E-state index in [0.717, 1.165) is 11.3 Å². The second-order valence-corrected chi connectivity index (χ2v) is 5.98. The summed E-state index contributed by atoms with van der Waals surface area (Å²) in [5.74, 6) is -0.502. The number of benzene rings is 2. The Bertz CT molecular complexity index is 1010. The lowest BCUT2D eigenvalue weighted by molar-refractivity contribution is -0.120. The average molecular weight is 377 g/mol. The third-order valence-electron chi connectivity index (χ3n) is 4.06. The number of carbonyl (C=O) groups is 2. The lowest BCUT2D eigenvalue weighted by Crippen LogP contribution is -2.20. The molecule has 2 aromatic carbocycles. The van der Waals surface area contributed by atoms with Crippen LogP contribution < -0.4 is 10.2 Å². The molecular weight excluding hydrogens is 358 g/mol. The maximum Gasteiger partial charge on any atom is 0.335 e. The van der Waals surface area contributed by atoms with Gasteiger partial charge in [-0.1, -0.05) is 18.2 Å². The first-order valence-corrected chi connectivity index (χ1v) is 8.53. The highest BCUT2D eigenvalue weighted by molar-refractivity contribution is 5.88. The molecule has 7 nitrogen and oxygen atoms in total. The Labute approximate surface area is 161 Å². The Morgan fingerprint density at radius 3 is 2.64 bits per heavy atom. The quantitative estimate of drug-likeness (QED) is 0.489. The van der Waals surface area contributed by atoms with Crippen molar-refractivity contribution in [3.63, 3.8) is 0 Å². The van der Waals surface area contributed by atoms with Gasteiger partial charge in [0.25, 0.3) is 0 Å². The number of nitrogens with zero attached hydrogens (tertiary/aromatic N) is 2. The molecule has 0 saturated carbocycles. The highest BCUT2D eigenvalue weighted by Gasteiger charge is 2.07. The van der Waals surface area contributed by atoms with Crippen molar-refractivity contribution >= 4 is 18.1 Å². The summed E-state index contributed by atoms with van der Waals surface area (Å²) in [6, 6.07) is 17.4. The molecule has 7 heteroatoms. The number of hydrogen-bond donors (Lipinski definition) is 2. The van der Waals surface area contributed by atoms with Crippen LogP contribution in [0.2, 0.25) is 0 Å². The first-order valence-electron chi connectivity index (χ1n) is 8.53. The summed E-state index contributed by atoms with van der Waals surface area (Å²) in [6.45, 7) is 0. The van der Waals surface area contributed by atoms with Crippen LogP contribution in [0.15, 0.2) is 72.0 Å². The molecule has 0 saturated heterocycles. The lowest BCUT2D eigenvalue weighted by Gasteiger charge is -2.07. The van der Waals surface area contributed by atoms with E-state index in [4.69, 9.17) is 9.84 Å². The highest BCUT2D eigenvalue weighted by atomic mass is 16.5. The van der Waals surface area contributed by atoms with Crippen LogP contribution in [0.4, 0.5) is 0 Å². The molecule has 142 valence electrons. The summed E-state index contributed by atoms with van der Waals surface area (Å²) in [7, 11) is 1.59. The molecule has 2 N–H and O–H groups in total. The van der Waals surface area contributed by atoms with Crippen molar-refractivity contribution in [2.75, 3.05) is 7.11 Å². The number of hydrazone groups is 1. The predicted molar refractivity (Wildman–Crippen MR) is 105 cm³/mol. The van der Waals surface area contributed by atoms with Crippen LogP contribution in [0.1, 0.15) is 21.6 Å². The fourth-order valence-electron chi connectivity index (χ4n) is 2.66. The SMILES string of the molecule is COc1ccc(CC(=O)N/N=C/c2cccn2-c2cccc(C(=O)O)c2)cc1. The molecule has 0 aliphatic carbocycles. The van der Waals surface area contributed by atoms with E-state index in [1.54, 1.807) is 48.2 Å². The zero-order valence-electron chi connectivity index (χ0n) is 15.2. The third-order valence-corrected chi connectivity index (χ3v) is 4.06. The first kappa shape index (κ1) is 18.9. The number of carbonyl (C=O) groups excluding carboxylic acids is 1. The number of carboxylic acids is 1. The third kappa shape index (κ3) is 4.64. The van der Waals surface area contributed by atoms with Gasteiger partial charge in [-0.05, 0) is 48.0 Å². The Balaban J connectivity index is 1.65. The van der Waals surface area contributed by atoms with Gasteiger partial charge in [-0.2, -0.15) is 5.10 Å². The molecule has 0 bridgehead atoms. The molecule has 0 fully saturated rings. The molecule has 0 aliphatic heterocycles. The zero-order chi connectivity index (χ0) is 19.9. The molecule has 0 atom stereocenters. The van der Waals surface area contributed by atoms with Crippen molar-refractivity contribution in [3.8, 4) is 11.4 Å². The minimum absolute atomic E-state index is 0.196. The largest absolute Gasteiger partial charge is 0.497 e. The topological polar surface area (TPSA) is 92.9 Å². The van der Waals surface area contributed by atoms with Crippen molar-refractivity contribution in [3.05, 3.63) is 83.7 Å². The van der Waals surface area contributed by atoms with Gasteiger partial charge in [0, 0.05) is 11.9 Å². The van der Waals surface area contributed by atoms with Gasteiger partial charge in [0.2, 0.25) is 5.91 Å². The molecule has 0 unspecified atom stereocenters. The number of aromatic nitrogens is 1. The van der Waals surface area contributed by atoms with E-state index in [1.807, 2.05) is 24.3 Å². The fourth-order valence-corrected chi connectivity index (χ4v) is 2.66. The van der Waals surface area contributed by atoms with Crippen molar-refractivity contribution in [2.24, 2.45) is 5.10 Å². The summed E-state index contributed by atoms with van der Waals surface area (Å²) < 4.78 is 6.87. The number of ether oxygens (including phenoxy) is 1. The number of hydrogen-bond acceptors (Lipinski definition) is 4. The second kappa shape index (κ2) is 8.68. The van der Waals surface area contributed by atoms with Gasteiger partial charge < -0.3 is 14.4 Å². The average Bonchev–Trinajstić information content (AvgIpc) is 3.17. The molecular formula is C21H19N3O4. The van der Waals surface area contributed by atoms with Gasteiger partial charge in [0.15, 0.2) is 0 Å². The second-order valence-electron chi connectivity index (χ2n) is 5.98. The maximum absolute atomic E-state index is 12.0. The van der Waals surface area contributed by atoms with E-state index in [2.05, 4.69) is 10.5 Å². The van der Waals surface area contributed by atoms with Gasteiger partial charge in [0.1, 0.15) is 5.75 Å². The highest BCUT2D eigenvalue weighted by Crippen LogP contribution is 2.14. The number of methoxy groups -OCH3 is 1. The number of aromatic carboxylic acids is 1. The standard InChI is InChI=1S/C21H19N3O4/c1-28-19-9-7-15(8-10-19)12-20(25)23-22-14-18-6-3-11-24(18)17-5-2-4-16(13-17)21(26)27/h2-11,13-14H,12H2,1H3,(H,23,25)(H,26,27)/b22-14+. The Morgan fingerprint density at radius 1 is 1.14 bits per heavy atom. The van der Waals surface area contributed by atoms with E-state index in [1.165, 1.54) is 12.3 Å². The van der Waals surface area contributed by atoms with E-state index in [-0.39, 0.29) is 17.9 Å². The van der Waals surface area contributed by atoms with E-state index in [0.29, 0.717) is 11.4 Å². The van der Waals surface area contributed by atoms with Crippen LogP contribution in [0.3, 0.4) is 0 Å². The summed E-state index contributed by atoms with van der Waals surface area (Å²) in [5.41, 5.74) is 4.94. The van der Waals surface area contributed by atoms with Gasteiger partial charge in [-0.15, -0.1) is 0 Å². The van der Waals surface area contributed by atoms with E-state index < -0.39 is 5.97 Å². The number of amides is 1. The smallest absolute Gasteiger partial charge is 0.335 e. The van der Waals surface area contributed by atoms with Crippen LogP contribution in [0, 0.1) is 0 Å². The van der Waals surface area contributed by atoms with E-state index in [9.17, 15) is 9.59 Å². The molecule has 3 aromatic rings. The molecule has 0 spiro atoms. The fraction of sp³-hybridized carbons (Fsp3) is 0.0952. The van der Waals surface area contributed by atoms with Gasteiger partial charge >= 0.3 is 5.97 Å². The Morgan fingerprint density at radius 2 is 1.93 bits per heavy atom. The molecule has 1 aromatic heterocycles. The van der Waals surface area contributed by atoms with Crippen LogP contribution in [-0.4, -0.2) is 34.9 Å². The molecule has 28 heavy (non-hydrogen) atoms. The molecule has 0 aliphatic rings.